The molecular formula is C11H20N2. The van der Waals surface area contributed by atoms with Crippen LogP contribution in [0.25, 0.3) is 0 Å². The second-order valence-corrected chi connectivity index (χ2v) is 5.41. The molecule has 2 nitrogen and oxygen atoms in total. The minimum atomic E-state index is 0.526. The molecule has 2 saturated carbocycles. The van der Waals surface area contributed by atoms with Crippen LogP contribution in [0.3, 0.4) is 0 Å². The summed E-state index contributed by atoms with van der Waals surface area (Å²) in [6.07, 6.45) is 5.58. The highest BCUT2D eigenvalue weighted by Gasteiger charge is 2.40. The Kier molecular flexibility index (Phi) is 1.88. The van der Waals surface area contributed by atoms with E-state index in [0.29, 0.717) is 6.04 Å². The number of rotatable bonds is 2. The highest BCUT2D eigenvalue weighted by Crippen LogP contribution is 2.39. The first-order valence-corrected chi connectivity index (χ1v) is 5.79. The Morgan fingerprint density at radius 2 is 1.69 bits per heavy atom. The molecule has 3 aliphatic rings. The van der Waals surface area contributed by atoms with Gasteiger partial charge in [-0.05, 0) is 43.4 Å². The first-order chi connectivity index (χ1) is 6.31. The van der Waals surface area contributed by atoms with Crippen LogP contribution in [-0.2, 0) is 0 Å². The largest absolute Gasteiger partial charge is 0.328 e. The molecule has 13 heavy (non-hydrogen) atoms. The highest BCUT2D eigenvalue weighted by atomic mass is 15.2. The lowest BCUT2D eigenvalue weighted by Gasteiger charge is -2.16. The Bertz CT molecular complexity index is 186. The highest BCUT2D eigenvalue weighted by molar-refractivity contribution is 4.94. The van der Waals surface area contributed by atoms with Crippen LogP contribution in [-0.4, -0.2) is 30.6 Å². The van der Waals surface area contributed by atoms with Crippen LogP contribution in [0, 0.1) is 17.8 Å². The maximum Gasteiger partial charge on any atom is 0.00452 e. The van der Waals surface area contributed by atoms with Crippen molar-refractivity contribution >= 4 is 0 Å². The molecule has 0 aromatic carbocycles. The van der Waals surface area contributed by atoms with E-state index in [0.717, 1.165) is 17.8 Å². The van der Waals surface area contributed by atoms with Gasteiger partial charge in [0.15, 0.2) is 0 Å². The summed E-state index contributed by atoms with van der Waals surface area (Å²) in [5.41, 5.74) is 5.97. The van der Waals surface area contributed by atoms with Gasteiger partial charge in [0.25, 0.3) is 0 Å². The smallest absolute Gasteiger partial charge is 0.00452 e. The summed E-state index contributed by atoms with van der Waals surface area (Å²) >= 11 is 0. The minimum Gasteiger partial charge on any atom is -0.328 e. The third-order valence-electron chi connectivity index (χ3n) is 4.08. The topological polar surface area (TPSA) is 29.3 Å². The molecule has 0 bridgehead atoms. The Morgan fingerprint density at radius 3 is 2.23 bits per heavy atom. The van der Waals surface area contributed by atoms with Gasteiger partial charge in [0.05, 0.1) is 0 Å². The third kappa shape index (κ3) is 1.62. The zero-order valence-corrected chi connectivity index (χ0v) is 8.28. The molecule has 0 aromatic rings. The van der Waals surface area contributed by atoms with Crippen LogP contribution < -0.4 is 5.73 Å². The lowest BCUT2D eigenvalue weighted by molar-refractivity contribution is 0.295. The van der Waals surface area contributed by atoms with Crippen molar-refractivity contribution in [1.29, 1.82) is 0 Å². The van der Waals surface area contributed by atoms with Crippen LogP contribution in [0.5, 0.6) is 0 Å². The van der Waals surface area contributed by atoms with Crippen molar-refractivity contribution in [3.8, 4) is 0 Å². The van der Waals surface area contributed by atoms with Gasteiger partial charge in [-0.15, -0.1) is 0 Å². The Labute approximate surface area is 80.5 Å². The van der Waals surface area contributed by atoms with E-state index in [1.165, 1.54) is 45.3 Å². The number of likely N-dealkylation sites (tertiary alicyclic amines) is 1. The van der Waals surface area contributed by atoms with Gasteiger partial charge in [-0.25, -0.2) is 0 Å². The molecule has 0 spiro atoms. The molecule has 2 unspecified atom stereocenters. The van der Waals surface area contributed by atoms with Crippen LogP contribution in [0.15, 0.2) is 0 Å². The standard InChI is InChI=1S/C11H20N2/c12-11-3-9-6-13(5-8-1-2-8)7-10(9)4-11/h8-11H,1-7,12H2. The Morgan fingerprint density at radius 1 is 1.08 bits per heavy atom. The Balaban J connectivity index is 1.55. The van der Waals surface area contributed by atoms with Gasteiger partial charge >= 0.3 is 0 Å². The predicted molar refractivity (Wildman–Crippen MR) is 53.4 cm³/mol. The van der Waals surface area contributed by atoms with Crippen LogP contribution in [0.2, 0.25) is 0 Å². The van der Waals surface area contributed by atoms with Crippen molar-refractivity contribution in [2.75, 3.05) is 19.6 Å². The summed E-state index contributed by atoms with van der Waals surface area (Å²) in [5.74, 6) is 2.97. The number of fused-ring (bicyclic) bond motifs is 1. The van der Waals surface area contributed by atoms with Gasteiger partial charge in [-0.1, -0.05) is 0 Å². The molecule has 2 heteroatoms. The van der Waals surface area contributed by atoms with Crippen LogP contribution in [0.4, 0.5) is 0 Å². The normalized spacial score (nSPS) is 45.5. The zero-order valence-electron chi connectivity index (χ0n) is 8.28. The molecule has 0 amide bonds. The van der Waals surface area contributed by atoms with Gasteiger partial charge in [0.2, 0.25) is 0 Å². The van der Waals surface area contributed by atoms with Gasteiger partial charge in [0, 0.05) is 25.7 Å². The fourth-order valence-electron chi connectivity index (χ4n) is 3.26. The van der Waals surface area contributed by atoms with E-state index in [9.17, 15) is 0 Å². The zero-order chi connectivity index (χ0) is 8.84. The minimum absolute atomic E-state index is 0.526. The molecule has 1 saturated heterocycles. The van der Waals surface area contributed by atoms with Crippen LogP contribution >= 0.6 is 0 Å². The molecule has 3 fully saturated rings. The van der Waals surface area contributed by atoms with Crippen molar-refractivity contribution in [1.82, 2.24) is 4.90 Å². The second kappa shape index (κ2) is 2.96. The molecule has 1 aliphatic heterocycles. The van der Waals surface area contributed by atoms with Crippen molar-refractivity contribution in [3.05, 3.63) is 0 Å². The lowest BCUT2D eigenvalue weighted by atomic mass is 10.0. The van der Waals surface area contributed by atoms with E-state index in [1.54, 1.807) is 0 Å². The fraction of sp³-hybridized carbons (Fsp3) is 1.00. The van der Waals surface area contributed by atoms with Gasteiger partial charge in [-0.2, -0.15) is 0 Å². The predicted octanol–water partition coefficient (Wildman–Crippen LogP) is 1.07. The number of nitrogens with zero attached hydrogens (tertiary/aromatic N) is 1. The SMILES string of the molecule is NC1CC2CN(CC3CC3)CC2C1. The van der Waals surface area contributed by atoms with Crippen molar-refractivity contribution < 1.29 is 0 Å². The maximum atomic E-state index is 5.97. The number of hydrogen-bond acceptors (Lipinski definition) is 2. The first kappa shape index (κ1) is 8.25. The molecule has 74 valence electrons. The average molecular weight is 180 g/mol. The van der Waals surface area contributed by atoms with Gasteiger partial charge in [0.1, 0.15) is 0 Å². The molecule has 1 heterocycles. The molecule has 2 aliphatic carbocycles. The summed E-state index contributed by atoms with van der Waals surface area (Å²) in [6.45, 7) is 4.10. The van der Waals surface area contributed by atoms with E-state index in [1.807, 2.05) is 0 Å². The van der Waals surface area contributed by atoms with Crippen molar-refractivity contribution in [3.63, 3.8) is 0 Å². The quantitative estimate of drug-likeness (QED) is 0.688. The fourth-order valence-corrected chi connectivity index (χ4v) is 3.26. The molecule has 2 N–H and O–H groups in total. The second-order valence-electron chi connectivity index (χ2n) is 5.41. The molecule has 3 rings (SSSR count). The summed E-state index contributed by atoms with van der Waals surface area (Å²) < 4.78 is 0. The lowest BCUT2D eigenvalue weighted by Crippen LogP contribution is -2.27. The third-order valence-corrected chi connectivity index (χ3v) is 4.08. The summed E-state index contributed by atoms with van der Waals surface area (Å²) in [7, 11) is 0. The number of nitrogens with two attached hydrogens (primary N) is 1. The average Bonchev–Trinajstić information content (AvgIpc) is 2.68. The van der Waals surface area contributed by atoms with E-state index in [2.05, 4.69) is 4.90 Å². The molecule has 2 atom stereocenters. The van der Waals surface area contributed by atoms with E-state index in [4.69, 9.17) is 5.73 Å². The first-order valence-electron chi connectivity index (χ1n) is 5.79. The van der Waals surface area contributed by atoms with E-state index in [-0.39, 0.29) is 0 Å². The molecule has 0 radical (unpaired) electrons. The van der Waals surface area contributed by atoms with Gasteiger partial charge in [-0.3, -0.25) is 0 Å². The molecule has 0 aromatic heterocycles. The maximum absolute atomic E-state index is 5.97. The molecular weight excluding hydrogens is 160 g/mol. The van der Waals surface area contributed by atoms with E-state index < -0.39 is 0 Å². The monoisotopic (exact) mass is 180 g/mol. The van der Waals surface area contributed by atoms with Crippen LogP contribution in [0.1, 0.15) is 25.7 Å². The summed E-state index contributed by atoms with van der Waals surface area (Å²) in [4.78, 5) is 2.69. The van der Waals surface area contributed by atoms with Crippen molar-refractivity contribution in [2.24, 2.45) is 23.5 Å². The van der Waals surface area contributed by atoms with Gasteiger partial charge < -0.3 is 10.6 Å². The van der Waals surface area contributed by atoms with E-state index >= 15 is 0 Å². The Hall–Kier alpha value is -0.0800. The summed E-state index contributed by atoms with van der Waals surface area (Å²) in [6, 6.07) is 0.526. The summed E-state index contributed by atoms with van der Waals surface area (Å²) in [5, 5.41) is 0. The number of hydrogen-bond donors (Lipinski definition) is 1. The van der Waals surface area contributed by atoms with Crippen molar-refractivity contribution in [2.45, 2.75) is 31.7 Å².